The third-order valence-electron chi connectivity index (χ3n) is 5.26. The molecule has 35 heavy (non-hydrogen) atoms. The van der Waals surface area contributed by atoms with Crippen molar-refractivity contribution in [3.05, 3.63) is 77.6 Å². The number of sulfone groups is 1. The summed E-state index contributed by atoms with van der Waals surface area (Å²) in [6.07, 6.45) is 3.60. The summed E-state index contributed by atoms with van der Waals surface area (Å²) in [5.41, 5.74) is 1.67. The van der Waals surface area contributed by atoms with E-state index in [1.165, 1.54) is 23.5 Å². The Morgan fingerprint density at radius 3 is 2.54 bits per heavy atom. The molecule has 4 rings (SSSR count). The number of amides is 1. The number of hydrogen-bond donors (Lipinski definition) is 0. The monoisotopic (exact) mass is 529 g/mol. The molecule has 0 radical (unpaired) electrons. The first-order valence-electron chi connectivity index (χ1n) is 11.1. The molecule has 0 unspecified atom stereocenters. The van der Waals surface area contributed by atoms with Crippen LogP contribution in [0.2, 0.25) is 5.02 Å². The lowest BCUT2D eigenvalue weighted by Crippen LogP contribution is -2.30. The van der Waals surface area contributed by atoms with Crippen LogP contribution >= 0.6 is 22.9 Å². The lowest BCUT2D eigenvalue weighted by atomic mass is 10.2. The number of carbonyl (C=O) groups excluding carboxylic acids is 1. The van der Waals surface area contributed by atoms with Gasteiger partial charge in [0.05, 0.1) is 34.0 Å². The van der Waals surface area contributed by atoms with Gasteiger partial charge in [-0.1, -0.05) is 22.9 Å². The summed E-state index contributed by atoms with van der Waals surface area (Å²) < 4.78 is 31.8. The summed E-state index contributed by atoms with van der Waals surface area (Å²) in [5, 5.41) is 1.02. The zero-order valence-corrected chi connectivity index (χ0v) is 21.4. The van der Waals surface area contributed by atoms with Crippen LogP contribution in [0.1, 0.15) is 25.3 Å². The average molecular weight is 530 g/mol. The first-order valence-corrected chi connectivity index (χ1v) is 13.9. The zero-order valence-electron chi connectivity index (χ0n) is 19.1. The van der Waals surface area contributed by atoms with Crippen molar-refractivity contribution in [3.8, 4) is 5.75 Å². The lowest BCUT2D eigenvalue weighted by molar-refractivity contribution is -0.118. The fraction of sp³-hybridized carbons (Fsp3) is 0.240. The van der Waals surface area contributed by atoms with E-state index in [1.807, 2.05) is 37.3 Å². The van der Waals surface area contributed by atoms with Gasteiger partial charge >= 0.3 is 0 Å². The number of fused-ring (bicyclic) bond motifs is 1. The zero-order chi connectivity index (χ0) is 24.8. The number of anilines is 1. The maximum atomic E-state index is 13.3. The fourth-order valence-electron chi connectivity index (χ4n) is 3.51. The number of pyridine rings is 1. The summed E-state index contributed by atoms with van der Waals surface area (Å²) in [7, 11) is -3.52. The van der Waals surface area contributed by atoms with Gasteiger partial charge in [0.1, 0.15) is 5.75 Å². The van der Waals surface area contributed by atoms with E-state index in [9.17, 15) is 13.2 Å². The molecule has 2 heterocycles. The highest BCUT2D eigenvalue weighted by Gasteiger charge is 2.22. The van der Waals surface area contributed by atoms with E-state index in [1.54, 1.807) is 29.4 Å². The van der Waals surface area contributed by atoms with E-state index in [-0.39, 0.29) is 29.4 Å². The molecule has 182 valence electrons. The van der Waals surface area contributed by atoms with Gasteiger partial charge in [0.15, 0.2) is 15.0 Å². The molecule has 0 aliphatic carbocycles. The molecule has 0 fully saturated rings. The van der Waals surface area contributed by atoms with Crippen LogP contribution in [-0.2, 0) is 21.2 Å². The van der Waals surface area contributed by atoms with E-state index >= 15 is 0 Å². The molecular weight excluding hydrogens is 506 g/mol. The van der Waals surface area contributed by atoms with Crippen LogP contribution in [0.5, 0.6) is 5.75 Å². The van der Waals surface area contributed by atoms with Gasteiger partial charge in [0, 0.05) is 23.8 Å². The largest absolute Gasteiger partial charge is 0.494 e. The Bertz CT molecular complexity index is 1410. The number of nitrogens with zero attached hydrogens (tertiary/aromatic N) is 3. The van der Waals surface area contributed by atoms with Crippen molar-refractivity contribution in [1.82, 2.24) is 9.97 Å². The number of benzene rings is 2. The Morgan fingerprint density at radius 1 is 1.09 bits per heavy atom. The van der Waals surface area contributed by atoms with Gasteiger partial charge < -0.3 is 4.74 Å². The van der Waals surface area contributed by atoms with Crippen molar-refractivity contribution < 1.29 is 17.9 Å². The summed E-state index contributed by atoms with van der Waals surface area (Å²) in [5.74, 6) is 0.410. The van der Waals surface area contributed by atoms with Crippen LogP contribution in [0.4, 0.5) is 5.13 Å². The van der Waals surface area contributed by atoms with E-state index < -0.39 is 9.84 Å². The van der Waals surface area contributed by atoms with Gasteiger partial charge in [-0.05, 0) is 73.5 Å². The highest BCUT2D eigenvalue weighted by Crippen LogP contribution is 2.33. The number of carbonyl (C=O) groups is 1. The van der Waals surface area contributed by atoms with E-state index in [2.05, 4.69) is 9.97 Å². The van der Waals surface area contributed by atoms with Crippen LogP contribution in [0.25, 0.3) is 10.2 Å². The number of thiazole rings is 1. The molecule has 0 N–H and O–H groups in total. The Labute approximate surface area is 213 Å². The first-order chi connectivity index (χ1) is 16.9. The molecule has 7 nitrogen and oxygen atoms in total. The van der Waals surface area contributed by atoms with Crippen LogP contribution in [0.15, 0.2) is 71.9 Å². The Morgan fingerprint density at radius 2 is 1.83 bits per heavy atom. The first kappa shape index (κ1) is 25.1. The fourth-order valence-corrected chi connectivity index (χ4v) is 5.95. The summed E-state index contributed by atoms with van der Waals surface area (Å²) >= 11 is 7.26. The minimum atomic E-state index is -3.52. The molecule has 0 atom stereocenters. The number of hydrogen-bond acceptors (Lipinski definition) is 7. The van der Waals surface area contributed by atoms with Gasteiger partial charge in [0.2, 0.25) is 5.91 Å². The second-order valence-electron chi connectivity index (χ2n) is 7.77. The molecule has 4 aromatic rings. The normalized spacial score (nSPS) is 11.5. The molecule has 2 aromatic carbocycles. The van der Waals surface area contributed by atoms with Gasteiger partial charge in [-0.15, -0.1) is 0 Å². The van der Waals surface area contributed by atoms with Gasteiger partial charge in [-0.3, -0.25) is 14.7 Å². The number of ether oxygens (including phenoxy) is 1. The molecule has 0 saturated carbocycles. The molecule has 1 amide bonds. The van der Waals surface area contributed by atoms with Crippen LogP contribution < -0.4 is 9.64 Å². The maximum absolute atomic E-state index is 13.3. The third kappa shape index (κ3) is 6.36. The molecule has 10 heteroatoms. The van der Waals surface area contributed by atoms with Crippen LogP contribution in [-0.4, -0.2) is 36.7 Å². The molecular formula is C25H24ClN3O4S2. The Hall–Kier alpha value is -3.01. The lowest BCUT2D eigenvalue weighted by Gasteiger charge is -2.20. The molecule has 2 aromatic heterocycles. The third-order valence-corrected chi connectivity index (χ3v) is 8.37. The minimum Gasteiger partial charge on any atom is -0.494 e. The predicted octanol–water partition coefficient (Wildman–Crippen LogP) is 5.53. The Kier molecular flexibility index (Phi) is 8.00. The van der Waals surface area contributed by atoms with Crippen molar-refractivity contribution in [2.45, 2.75) is 31.2 Å². The van der Waals surface area contributed by atoms with E-state index in [0.717, 1.165) is 21.5 Å². The molecule has 0 aliphatic heterocycles. The highest BCUT2D eigenvalue weighted by atomic mass is 35.5. The maximum Gasteiger partial charge on any atom is 0.229 e. The summed E-state index contributed by atoms with van der Waals surface area (Å²) in [6.45, 7) is 2.79. The molecule has 0 spiro atoms. The second-order valence-corrected chi connectivity index (χ2v) is 11.3. The SMILES string of the molecule is CCOc1ccc2nc(N(Cc3ccncc3)C(=O)CCCS(=O)(=O)c3ccc(Cl)cc3)sc2c1. The quantitative estimate of drug-likeness (QED) is 0.268. The van der Waals surface area contributed by atoms with Crippen molar-refractivity contribution in [1.29, 1.82) is 0 Å². The van der Waals surface area contributed by atoms with E-state index in [4.69, 9.17) is 16.3 Å². The van der Waals surface area contributed by atoms with Crippen LogP contribution in [0.3, 0.4) is 0 Å². The van der Waals surface area contributed by atoms with Crippen molar-refractivity contribution in [3.63, 3.8) is 0 Å². The standard InChI is InChI=1S/C25H24ClN3O4S2/c1-2-33-20-7-10-22-23(16-20)34-25(28-22)29(17-18-11-13-27-14-12-18)24(30)4-3-15-35(31,32)21-8-5-19(26)6-9-21/h5-14,16H,2-4,15,17H2,1H3. The second kappa shape index (κ2) is 11.2. The molecule has 0 saturated heterocycles. The number of halogens is 1. The summed E-state index contributed by atoms with van der Waals surface area (Å²) in [4.78, 5) is 23.8. The smallest absolute Gasteiger partial charge is 0.229 e. The number of aromatic nitrogens is 2. The van der Waals surface area contributed by atoms with Gasteiger partial charge in [-0.2, -0.15) is 0 Å². The highest BCUT2D eigenvalue weighted by molar-refractivity contribution is 7.91. The van der Waals surface area contributed by atoms with Gasteiger partial charge in [-0.25, -0.2) is 13.4 Å². The minimum absolute atomic E-state index is 0.0675. The molecule has 0 aliphatic rings. The van der Waals surface area contributed by atoms with E-state index in [0.29, 0.717) is 23.3 Å². The molecule has 0 bridgehead atoms. The van der Waals surface area contributed by atoms with Crippen molar-refractivity contribution in [2.75, 3.05) is 17.3 Å². The topological polar surface area (TPSA) is 89.5 Å². The predicted molar refractivity (Wildman–Crippen MR) is 139 cm³/mol. The van der Waals surface area contributed by atoms with Crippen molar-refractivity contribution in [2.24, 2.45) is 0 Å². The Balaban J connectivity index is 1.53. The number of rotatable bonds is 10. The summed E-state index contributed by atoms with van der Waals surface area (Å²) in [6, 6.07) is 15.4. The van der Waals surface area contributed by atoms with Crippen LogP contribution in [0, 0.1) is 0 Å². The van der Waals surface area contributed by atoms with Crippen molar-refractivity contribution >= 4 is 54.0 Å². The van der Waals surface area contributed by atoms with Gasteiger partial charge in [0.25, 0.3) is 0 Å². The average Bonchev–Trinajstić information content (AvgIpc) is 3.26.